The Hall–Kier alpha value is -2.27. The van der Waals surface area contributed by atoms with Gasteiger partial charge in [0.1, 0.15) is 11.4 Å². The molecule has 4 nitrogen and oxygen atoms in total. The molecule has 0 radical (unpaired) electrons. The SMILES string of the molecule is Cc1ccc(C2SCC(C(=O)O)N2C(=O)c2ccccc2)cc1. The van der Waals surface area contributed by atoms with Crippen molar-refractivity contribution in [3.8, 4) is 0 Å². The summed E-state index contributed by atoms with van der Waals surface area (Å²) in [4.78, 5) is 25.9. The number of rotatable bonds is 3. The monoisotopic (exact) mass is 327 g/mol. The topological polar surface area (TPSA) is 57.6 Å². The van der Waals surface area contributed by atoms with Gasteiger partial charge in [0.05, 0.1) is 0 Å². The fourth-order valence-electron chi connectivity index (χ4n) is 2.66. The summed E-state index contributed by atoms with van der Waals surface area (Å²) in [5, 5.41) is 9.21. The summed E-state index contributed by atoms with van der Waals surface area (Å²) in [7, 11) is 0. The number of carbonyl (C=O) groups is 2. The third kappa shape index (κ3) is 3.10. The van der Waals surface area contributed by atoms with Gasteiger partial charge in [-0.15, -0.1) is 11.8 Å². The average molecular weight is 327 g/mol. The van der Waals surface area contributed by atoms with Crippen LogP contribution in [0.5, 0.6) is 0 Å². The van der Waals surface area contributed by atoms with Gasteiger partial charge in [0.15, 0.2) is 0 Å². The van der Waals surface area contributed by atoms with Gasteiger partial charge in [-0.05, 0) is 24.6 Å². The van der Waals surface area contributed by atoms with E-state index in [9.17, 15) is 14.7 Å². The van der Waals surface area contributed by atoms with Gasteiger partial charge in [-0.3, -0.25) is 4.79 Å². The number of hydrogen-bond acceptors (Lipinski definition) is 3. The van der Waals surface area contributed by atoms with Gasteiger partial charge >= 0.3 is 5.97 Å². The lowest BCUT2D eigenvalue weighted by molar-refractivity contribution is -0.141. The largest absolute Gasteiger partial charge is 0.480 e. The molecular formula is C18H17NO3S. The molecule has 2 atom stereocenters. The van der Waals surface area contributed by atoms with E-state index >= 15 is 0 Å². The Morgan fingerprint density at radius 1 is 1.09 bits per heavy atom. The van der Waals surface area contributed by atoms with E-state index in [2.05, 4.69) is 0 Å². The highest BCUT2D eigenvalue weighted by Crippen LogP contribution is 2.42. The summed E-state index contributed by atoms with van der Waals surface area (Å²) in [5.41, 5.74) is 2.60. The second-order valence-corrected chi connectivity index (χ2v) is 6.64. The van der Waals surface area contributed by atoms with Gasteiger partial charge < -0.3 is 10.0 Å². The predicted octanol–water partition coefficient (Wildman–Crippen LogP) is 3.34. The Labute approximate surface area is 139 Å². The Kier molecular flexibility index (Phi) is 4.39. The second-order valence-electron chi connectivity index (χ2n) is 5.53. The van der Waals surface area contributed by atoms with E-state index in [1.54, 1.807) is 24.3 Å². The molecule has 1 fully saturated rings. The Balaban J connectivity index is 1.97. The lowest BCUT2D eigenvalue weighted by atomic mass is 10.1. The average Bonchev–Trinajstić information content (AvgIpc) is 3.01. The molecule has 0 spiro atoms. The Morgan fingerprint density at radius 3 is 2.35 bits per heavy atom. The lowest BCUT2D eigenvalue weighted by Crippen LogP contribution is -2.42. The summed E-state index contributed by atoms with van der Waals surface area (Å²) in [6, 6.07) is 15.9. The molecule has 2 unspecified atom stereocenters. The van der Waals surface area contributed by atoms with E-state index in [-0.39, 0.29) is 11.3 Å². The van der Waals surface area contributed by atoms with Crippen molar-refractivity contribution in [3.63, 3.8) is 0 Å². The third-order valence-corrected chi connectivity index (χ3v) is 5.23. The molecule has 1 aliphatic rings. The smallest absolute Gasteiger partial charge is 0.327 e. The molecule has 5 heteroatoms. The van der Waals surface area contributed by atoms with E-state index in [4.69, 9.17) is 0 Å². The van der Waals surface area contributed by atoms with Crippen LogP contribution in [0.15, 0.2) is 54.6 Å². The number of carbonyl (C=O) groups excluding carboxylic acids is 1. The zero-order chi connectivity index (χ0) is 16.4. The number of carboxylic acid groups (broad SMARTS) is 1. The number of amides is 1. The van der Waals surface area contributed by atoms with Crippen molar-refractivity contribution in [1.29, 1.82) is 0 Å². The van der Waals surface area contributed by atoms with Crippen molar-refractivity contribution in [2.24, 2.45) is 0 Å². The highest BCUT2D eigenvalue weighted by Gasteiger charge is 2.42. The van der Waals surface area contributed by atoms with Crippen LogP contribution in [0.1, 0.15) is 26.9 Å². The molecule has 0 bridgehead atoms. The van der Waals surface area contributed by atoms with Crippen molar-refractivity contribution in [1.82, 2.24) is 4.90 Å². The van der Waals surface area contributed by atoms with E-state index in [1.165, 1.54) is 16.7 Å². The number of carboxylic acids is 1. The first-order valence-electron chi connectivity index (χ1n) is 7.36. The number of nitrogens with zero attached hydrogens (tertiary/aromatic N) is 1. The fraction of sp³-hybridized carbons (Fsp3) is 0.222. The number of hydrogen-bond donors (Lipinski definition) is 1. The van der Waals surface area contributed by atoms with Crippen LogP contribution in [0.3, 0.4) is 0 Å². The third-order valence-electron chi connectivity index (χ3n) is 3.90. The molecule has 1 aliphatic heterocycles. The summed E-state index contributed by atoms with van der Waals surface area (Å²) < 4.78 is 0. The zero-order valence-electron chi connectivity index (χ0n) is 12.7. The van der Waals surface area contributed by atoms with Crippen molar-refractivity contribution >= 4 is 23.6 Å². The zero-order valence-corrected chi connectivity index (χ0v) is 13.5. The normalized spacial score (nSPS) is 20.5. The van der Waals surface area contributed by atoms with Crippen molar-refractivity contribution in [3.05, 3.63) is 71.3 Å². The van der Waals surface area contributed by atoms with Crippen LogP contribution >= 0.6 is 11.8 Å². The maximum atomic E-state index is 12.9. The van der Waals surface area contributed by atoms with Crippen LogP contribution in [0, 0.1) is 6.92 Å². The second kappa shape index (κ2) is 6.46. The summed E-state index contributed by atoms with van der Waals surface area (Å²) in [6.45, 7) is 2.00. The van der Waals surface area contributed by atoms with Gasteiger partial charge in [0, 0.05) is 11.3 Å². The molecule has 2 aromatic carbocycles. The molecule has 1 amide bonds. The molecule has 0 aliphatic carbocycles. The predicted molar refractivity (Wildman–Crippen MR) is 90.4 cm³/mol. The molecule has 1 saturated heterocycles. The van der Waals surface area contributed by atoms with Gasteiger partial charge in [-0.25, -0.2) is 4.79 Å². The molecule has 3 rings (SSSR count). The van der Waals surface area contributed by atoms with E-state index < -0.39 is 12.0 Å². The molecule has 118 valence electrons. The summed E-state index contributed by atoms with van der Waals surface area (Å²) in [6.07, 6.45) is 0. The van der Waals surface area contributed by atoms with E-state index in [0.717, 1.165) is 11.1 Å². The lowest BCUT2D eigenvalue weighted by Gasteiger charge is -2.27. The molecule has 1 heterocycles. The summed E-state index contributed by atoms with van der Waals surface area (Å²) in [5.74, 6) is -0.808. The van der Waals surface area contributed by atoms with Gasteiger partial charge in [0.2, 0.25) is 0 Å². The highest BCUT2D eigenvalue weighted by atomic mass is 32.2. The van der Waals surface area contributed by atoms with Gasteiger partial charge in [-0.2, -0.15) is 0 Å². The molecule has 1 N–H and O–H groups in total. The molecular weight excluding hydrogens is 310 g/mol. The number of aliphatic carboxylic acids is 1. The number of aryl methyl sites for hydroxylation is 1. The molecule has 23 heavy (non-hydrogen) atoms. The first-order chi connectivity index (χ1) is 11.1. The number of thioether (sulfide) groups is 1. The van der Waals surface area contributed by atoms with Crippen LogP contribution in [-0.4, -0.2) is 33.7 Å². The quantitative estimate of drug-likeness (QED) is 0.939. The van der Waals surface area contributed by atoms with Gasteiger partial charge in [0.25, 0.3) is 5.91 Å². The first kappa shape index (κ1) is 15.6. The van der Waals surface area contributed by atoms with Crippen molar-refractivity contribution in [2.75, 3.05) is 5.75 Å². The van der Waals surface area contributed by atoms with Crippen LogP contribution in [0.4, 0.5) is 0 Å². The van der Waals surface area contributed by atoms with E-state index in [1.807, 2.05) is 37.3 Å². The molecule has 0 saturated carbocycles. The standard InChI is InChI=1S/C18H17NO3S/c1-12-7-9-14(10-8-12)17-19(15(11-23-17)18(21)22)16(20)13-5-3-2-4-6-13/h2-10,15,17H,11H2,1H3,(H,21,22). The first-order valence-corrected chi connectivity index (χ1v) is 8.41. The maximum Gasteiger partial charge on any atom is 0.327 e. The fourth-order valence-corrected chi connectivity index (χ4v) is 4.08. The molecule has 0 aromatic heterocycles. The van der Waals surface area contributed by atoms with Crippen LogP contribution < -0.4 is 0 Å². The Bertz CT molecular complexity index is 715. The van der Waals surface area contributed by atoms with Crippen LogP contribution in [0.25, 0.3) is 0 Å². The van der Waals surface area contributed by atoms with Gasteiger partial charge in [-0.1, -0.05) is 48.0 Å². The van der Waals surface area contributed by atoms with E-state index in [0.29, 0.717) is 11.3 Å². The van der Waals surface area contributed by atoms with Crippen molar-refractivity contribution in [2.45, 2.75) is 18.3 Å². The summed E-state index contributed by atoms with van der Waals surface area (Å²) >= 11 is 1.49. The minimum absolute atomic E-state index is 0.242. The number of benzene rings is 2. The van der Waals surface area contributed by atoms with Crippen molar-refractivity contribution < 1.29 is 14.7 Å². The van der Waals surface area contributed by atoms with Crippen LogP contribution in [-0.2, 0) is 4.79 Å². The highest BCUT2D eigenvalue weighted by molar-refractivity contribution is 7.99. The maximum absolute atomic E-state index is 12.9. The minimum Gasteiger partial charge on any atom is -0.480 e. The van der Waals surface area contributed by atoms with Crippen LogP contribution in [0.2, 0.25) is 0 Å². The minimum atomic E-state index is -0.962. The Morgan fingerprint density at radius 2 is 1.74 bits per heavy atom. The molecule has 2 aromatic rings.